The number of carboxylic acid groups (broad SMARTS) is 1. The highest BCUT2D eigenvalue weighted by Crippen LogP contribution is 2.30. The van der Waals surface area contributed by atoms with Gasteiger partial charge in [-0.1, -0.05) is 30.3 Å². The molecule has 1 aromatic rings. The third kappa shape index (κ3) is 1.19. The molecule has 0 spiro atoms. The van der Waals surface area contributed by atoms with E-state index in [0.29, 0.717) is 5.57 Å². The fourth-order valence-corrected chi connectivity index (χ4v) is 1.47. The number of rotatable bonds is 1. The number of allylic oxidation sites excluding steroid dienone is 2. The number of aliphatic hydroxyl groups excluding tert-OH is 1. The van der Waals surface area contributed by atoms with Gasteiger partial charge in [-0.05, 0) is 17.2 Å². The smallest absolute Gasteiger partial charge is 0.371 e. The summed E-state index contributed by atoms with van der Waals surface area (Å²) in [5.41, 5.74) is 2.05. The molecule has 1 aliphatic rings. The highest BCUT2D eigenvalue weighted by Gasteiger charge is 2.17. The maximum atomic E-state index is 10.6. The van der Waals surface area contributed by atoms with Gasteiger partial charge in [-0.3, -0.25) is 0 Å². The summed E-state index contributed by atoms with van der Waals surface area (Å²) in [6, 6.07) is 7.32. The van der Waals surface area contributed by atoms with Crippen LogP contribution in [0.4, 0.5) is 0 Å². The van der Waals surface area contributed by atoms with E-state index < -0.39 is 11.7 Å². The van der Waals surface area contributed by atoms with Gasteiger partial charge in [-0.15, -0.1) is 0 Å². The number of carbonyl (C=O) groups is 1. The molecule has 70 valence electrons. The fourth-order valence-electron chi connectivity index (χ4n) is 1.47. The maximum absolute atomic E-state index is 10.6. The molecular formula is C11H8O3. The Morgan fingerprint density at radius 1 is 1.07 bits per heavy atom. The van der Waals surface area contributed by atoms with Crippen molar-refractivity contribution in [1.82, 2.24) is 0 Å². The van der Waals surface area contributed by atoms with Crippen molar-refractivity contribution in [1.29, 1.82) is 0 Å². The lowest BCUT2D eigenvalue weighted by molar-refractivity contribution is -0.135. The third-order valence-electron chi connectivity index (χ3n) is 2.14. The normalized spacial score (nSPS) is 16.6. The van der Waals surface area contributed by atoms with Gasteiger partial charge < -0.3 is 10.2 Å². The van der Waals surface area contributed by atoms with Crippen molar-refractivity contribution in [3.63, 3.8) is 0 Å². The Morgan fingerprint density at radius 3 is 2.50 bits per heavy atom. The summed E-state index contributed by atoms with van der Waals surface area (Å²) in [7, 11) is 0. The lowest BCUT2D eigenvalue weighted by Crippen LogP contribution is -2.01. The molecule has 0 amide bonds. The monoisotopic (exact) mass is 188 g/mol. The highest BCUT2D eigenvalue weighted by molar-refractivity contribution is 6.01. The van der Waals surface area contributed by atoms with Gasteiger partial charge in [-0.2, -0.15) is 0 Å². The molecule has 3 heteroatoms. The van der Waals surface area contributed by atoms with Gasteiger partial charge in [0.2, 0.25) is 5.76 Å². The molecule has 1 aliphatic carbocycles. The van der Waals surface area contributed by atoms with Crippen molar-refractivity contribution >= 4 is 17.6 Å². The van der Waals surface area contributed by atoms with Crippen LogP contribution in [0.3, 0.4) is 0 Å². The van der Waals surface area contributed by atoms with Crippen molar-refractivity contribution in [3.05, 3.63) is 47.2 Å². The first-order valence-corrected chi connectivity index (χ1v) is 4.14. The Hall–Kier alpha value is -2.03. The molecule has 0 saturated heterocycles. The molecular weight excluding hydrogens is 180 g/mol. The molecule has 3 nitrogen and oxygen atoms in total. The van der Waals surface area contributed by atoms with E-state index in [1.807, 2.05) is 12.1 Å². The van der Waals surface area contributed by atoms with Crippen molar-refractivity contribution in [2.45, 2.75) is 0 Å². The lowest BCUT2D eigenvalue weighted by Gasteiger charge is -2.01. The van der Waals surface area contributed by atoms with Crippen LogP contribution in [0.25, 0.3) is 11.6 Å². The van der Waals surface area contributed by atoms with E-state index in [0.717, 1.165) is 11.1 Å². The van der Waals surface area contributed by atoms with Crippen LogP contribution in [-0.4, -0.2) is 16.2 Å². The molecule has 0 atom stereocenters. The standard InChI is InChI=1S/C11H8O3/c12-10(11(13)14)9-6-5-7-3-1-2-4-8(7)9/h1-6,12H,(H,13,14). The van der Waals surface area contributed by atoms with Crippen LogP contribution in [0.2, 0.25) is 0 Å². The minimum absolute atomic E-state index is 0.369. The second kappa shape index (κ2) is 3.03. The average molecular weight is 188 g/mol. The summed E-state index contributed by atoms with van der Waals surface area (Å²) in [4.78, 5) is 10.6. The van der Waals surface area contributed by atoms with Crippen molar-refractivity contribution in [3.8, 4) is 0 Å². The first-order valence-electron chi connectivity index (χ1n) is 4.14. The van der Waals surface area contributed by atoms with Gasteiger partial charge in [0.25, 0.3) is 0 Å². The number of aliphatic hydroxyl groups is 1. The van der Waals surface area contributed by atoms with Crippen LogP contribution < -0.4 is 0 Å². The Balaban J connectivity index is 2.60. The van der Waals surface area contributed by atoms with Crippen LogP contribution in [0, 0.1) is 0 Å². The fraction of sp³-hybridized carbons (Fsp3) is 0. The summed E-state index contributed by atoms with van der Waals surface area (Å²) in [6.45, 7) is 0. The molecule has 2 rings (SSSR count). The zero-order chi connectivity index (χ0) is 10.1. The summed E-state index contributed by atoms with van der Waals surface area (Å²) >= 11 is 0. The number of fused-ring (bicyclic) bond motifs is 1. The number of hydrogen-bond donors (Lipinski definition) is 2. The van der Waals surface area contributed by atoms with Gasteiger partial charge in [0.1, 0.15) is 0 Å². The minimum atomic E-state index is -1.30. The predicted molar refractivity (Wildman–Crippen MR) is 52.7 cm³/mol. The Morgan fingerprint density at radius 2 is 1.79 bits per heavy atom. The Bertz CT molecular complexity index is 455. The maximum Gasteiger partial charge on any atom is 0.371 e. The van der Waals surface area contributed by atoms with Crippen LogP contribution in [0.1, 0.15) is 11.1 Å². The van der Waals surface area contributed by atoms with Crippen molar-refractivity contribution in [2.24, 2.45) is 0 Å². The van der Waals surface area contributed by atoms with Crippen LogP contribution in [-0.2, 0) is 4.79 Å². The molecule has 2 N–H and O–H groups in total. The Labute approximate surface area is 80.6 Å². The van der Waals surface area contributed by atoms with Crippen LogP contribution in [0.5, 0.6) is 0 Å². The van der Waals surface area contributed by atoms with Gasteiger partial charge in [0, 0.05) is 5.57 Å². The molecule has 14 heavy (non-hydrogen) atoms. The number of benzene rings is 1. The molecule has 0 radical (unpaired) electrons. The molecule has 1 aromatic carbocycles. The second-order valence-electron chi connectivity index (χ2n) is 2.99. The zero-order valence-electron chi connectivity index (χ0n) is 7.27. The largest absolute Gasteiger partial charge is 0.501 e. The molecule has 0 aliphatic heterocycles. The zero-order valence-corrected chi connectivity index (χ0v) is 7.27. The molecule has 0 unspecified atom stereocenters. The minimum Gasteiger partial charge on any atom is -0.501 e. The average Bonchev–Trinajstić information content (AvgIpc) is 2.60. The molecule has 0 aromatic heterocycles. The number of carboxylic acids is 1. The molecule has 0 bridgehead atoms. The van der Waals surface area contributed by atoms with Gasteiger partial charge in [0.15, 0.2) is 0 Å². The van der Waals surface area contributed by atoms with E-state index in [1.165, 1.54) is 0 Å². The lowest BCUT2D eigenvalue weighted by atomic mass is 10.1. The summed E-state index contributed by atoms with van der Waals surface area (Å²) in [5, 5.41) is 17.9. The van der Waals surface area contributed by atoms with Crippen molar-refractivity contribution in [2.75, 3.05) is 0 Å². The molecule has 0 fully saturated rings. The van der Waals surface area contributed by atoms with Crippen LogP contribution >= 0.6 is 0 Å². The van der Waals surface area contributed by atoms with E-state index in [9.17, 15) is 9.90 Å². The first-order chi connectivity index (χ1) is 6.70. The SMILES string of the molecule is O=C(O)C(O)=C1C=Cc2ccccc21. The van der Waals surface area contributed by atoms with Gasteiger partial charge >= 0.3 is 5.97 Å². The van der Waals surface area contributed by atoms with E-state index in [4.69, 9.17) is 5.11 Å². The number of hydrogen-bond acceptors (Lipinski definition) is 2. The first kappa shape index (κ1) is 8.56. The van der Waals surface area contributed by atoms with E-state index in [-0.39, 0.29) is 0 Å². The van der Waals surface area contributed by atoms with Crippen molar-refractivity contribution < 1.29 is 15.0 Å². The van der Waals surface area contributed by atoms with Gasteiger partial charge in [-0.25, -0.2) is 4.79 Å². The number of aliphatic carboxylic acids is 1. The second-order valence-corrected chi connectivity index (χ2v) is 2.99. The molecule has 0 saturated carbocycles. The third-order valence-corrected chi connectivity index (χ3v) is 2.14. The summed E-state index contributed by atoms with van der Waals surface area (Å²) < 4.78 is 0. The van der Waals surface area contributed by atoms with Gasteiger partial charge in [0.05, 0.1) is 0 Å². The Kier molecular flexibility index (Phi) is 1.85. The van der Waals surface area contributed by atoms with E-state index in [2.05, 4.69) is 0 Å². The van der Waals surface area contributed by atoms with Crippen LogP contribution in [0.15, 0.2) is 36.1 Å². The predicted octanol–water partition coefficient (Wildman–Crippen LogP) is 2.07. The summed E-state index contributed by atoms with van der Waals surface area (Å²) in [5.74, 6) is -1.91. The highest BCUT2D eigenvalue weighted by atomic mass is 16.4. The van der Waals surface area contributed by atoms with E-state index >= 15 is 0 Å². The topological polar surface area (TPSA) is 57.5 Å². The molecule has 0 heterocycles. The quantitative estimate of drug-likeness (QED) is 0.524. The van der Waals surface area contributed by atoms with E-state index in [1.54, 1.807) is 24.3 Å². The summed E-state index contributed by atoms with van der Waals surface area (Å²) in [6.07, 6.45) is 3.39.